The van der Waals surface area contributed by atoms with E-state index in [0.717, 1.165) is 30.0 Å². The number of rotatable bonds is 3. The van der Waals surface area contributed by atoms with Crippen molar-refractivity contribution in [1.29, 1.82) is 0 Å². The van der Waals surface area contributed by atoms with Gasteiger partial charge < -0.3 is 14.8 Å². The Kier molecular flexibility index (Phi) is 3.87. The number of carbonyl (C=O) groups excluding carboxylic acids is 1. The molecule has 0 spiro atoms. The minimum Gasteiger partial charge on any atom is -0.497 e. The van der Waals surface area contributed by atoms with Crippen molar-refractivity contribution in [3.63, 3.8) is 0 Å². The summed E-state index contributed by atoms with van der Waals surface area (Å²) in [5, 5.41) is 3.22. The Morgan fingerprint density at radius 3 is 3.06 bits per heavy atom. The molecule has 18 heavy (non-hydrogen) atoms. The van der Waals surface area contributed by atoms with Gasteiger partial charge in [-0.2, -0.15) is 0 Å². The van der Waals surface area contributed by atoms with Gasteiger partial charge in [-0.1, -0.05) is 6.07 Å². The first-order valence-electron chi connectivity index (χ1n) is 6.04. The van der Waals surface area contributed by atoms with Crippen LogP contribution in [0.15, 0.2) is 24.3 Å². The molecule has 1 heterocycles. The van der Waals surface area contributed by atoms with Gasteiger partial charge in [0, 0.05) is 23.9 Å². The summed E-state index contributed by atoms with van der Waals surface area (Å²) in [5.41, 5.74) is 3.02. The van der Waals surface area contributed by atoms with Crippen LogP contribution in [0, 0.1) is 0 Å². The van der Waals surface area contributed by atoms with Crippen LogP contribution in [0.4, 0.5) is 0 Å². The zero-order valence-electron chi connectivity index (χ0n) is 10.7. The van der Waals surface area contributed by atoms with E-state index in [1.807, 2.05) is 18.2 Å². The van der Waals surface area contributed by atoms with E-state index in [2.05, 4.69) is 5.32 Å². The van der Waals surface area contributed by atoms with Crippen molar-refractivity contribution in [2.75, 3.05) is 20.3 Å². The number of hydrogen-bond donors (Lipinski definition) is 1. The lowest BCUT2D eigenvalue weighted by Gasteiger charge is -2.21. The standard InChI is InChI=1S/C14H17NO3/c1-3-18-14(16)9-13-12-8-11(17-2)5-4-10(12)6-7-15-13/h4-5,8-9,15H,3,6-7H2,1-2H3/b13-9+. The molecule has 2 rings (SSSR count). The Labute approximate surface area is 107 Å². The molecule has 0 amide bonds. The molecule has 0 fully saturated rings. The second kappa shape index (κ2) is 5.58. The molecular formula is C14H17NO3. The minimum atomic E-state index is -0.323. The number of nitrogens with one attached hydrogen (secondary N) is 1. The van der Waals surface area contributed by atoms with Gasteiger partial charge >= 0.3 is 5.97 Å². The van der Waals surface area contributed by atoms with Gasteiger partial charge in [0.25, 0.3) is 0 Å². The van der Waals surface area contributed by atoms with Crippen molar-refractivity contribution < 1.29 is 14.3 Å². The van der Waals surface area contributed by atoms with E-state index in [1.165, 1.54) is 11.6 Å². The number of carbonyl (C=O) groups is 1. The van der Waals surface area contributed by atoms with E-state index in [9.17, 15) is 4.79 Å². The molecule has 1 aliphatic heterocycles. The molecule has 1 aromatic carbocycles. The maximum absolute atomic E-state index is 11.5. The second-order valence-corrected chi connectivity index (χ2v) is 4.01. The third-order valence-corrected chi connectivity index (χ3v) is 2.87. The quantitative estimate of drug-likeness (QED) is 0.653. The maximum Gasteiger partial charge on any atom is 0.332 e. The van der Waals surface area contributed by atoms with Crippen LogP contribution in [0.3, 0.4) is 0 Å². The van der Waals surface area contributed by atoms with Gasteiger partial charge in [0.15, 0.2) is 0 Å². The van der Waals surface area contributed by atoms with Gasteiger partial charge in [-0.25, -0.2) is 4.79 Å². The van der Waals surface area contributed by atoms with Crippen LogP contribution in [0.1, 0.15) is 18.1 Å². The van der Waals surface area contributed by atoms with Gasteiger partial charge in [0.05, 0.1) is 13.7 Å². The van der Waals surface area contributed by atoms with Crippen molar-refractivity contribution in [2.24, 2.45) is 0 Å². The molecule has 0 saturated carbocycles. The number of methoxy groups -OCH3 is 1. The molecule has 1 aromatic rings. The van der Waals surface area contributed by atoms with Crippen molar-refractivity contribution in [2.45, 2.75) is 13.3 Å². The SMILES string of the molecule is CCOC(=O)/C=C1/NCCc2ccc(OC)cc21. The Morgan fingerprint density at radius 1 is 1.50 bits per heavy atom. The fraction of sp³-hybridized carbons (Fsp3) is 0.357. The monoisotopic (exact) mass is 247 g/mol. The smallest absolute Gasteiger partial charge is 0.332 e. The van der Waals surface area contributed by atoms with E-state index < -0.39 is 0 Å². The third-order valence-electron chi connectivity index (χ3n) is 2.87. The number of fused-ring (bicyclic) bond motifs is 1. The number of benzene rings is 1. The molecule has 0 bridgehead atoms. The topological polar surface area (TPSA) is 47.6 Å². The van der Waals surface area contributed by atoms with Crippen molar-refractivity contribution in [1.82, 2.24) is 5.32 Å². The molecule has 4 nitrogen and oxygen atoms in total. The van der Waals surface area contributed by atoms with E-state index in [1.54, 1.807) is 14.0 Å². The molecule has 0 atom stereocenters. The van der Waals surface area contributed by atoms with E-state index in [0.29, 0.717) is 6.61 Å². The van der Waals surface area contributed by atoms with Crippen LogP contribution >= 0.6 is 0 Å². The predicted molar refractivity (Wildman–Crippen MR) is 69.3 cm³/mol. The normalized spacial score (nSPS) is 15.8. The fourth-order valence-electron chi connectivity index (χ4n) is 2.01. The lowest BCUT2D eigenvalue weighted by Crippen LogP contribution is -2.23. The molecule has 1 N–H and O–H groups in total. The maximum atomic E-state index is 11.5. The fourth-order valence-corrected chi connectivity index (χ4v) is 2.01. The van der Waals surface area contributed by atoms with Crippen molar-refractivity contribution >= 4 is 11.7 Å². The Balaban J connectivity index is 2.34. The zero-order valence-corrected chi connectivity index (χ0v) is 10.7. The van der Waals surface area contributed by atoms with Crippen LogP contribution in [0.2, 0.25) is 0 Å². The molecule has 0 aliphatic carbocycles. The first-order valence-corrected chi connectivity index (χ1v) is 6.04. The lowest BCUT2D eigenvalue weighted by molar-refractivity contribution is -0.137. The summed E-state index contributed by atoms with van der Waals surface area (Å²) in [7, 11) is 1.63. The third kappa shape index (κ3) is 2.64. The Hall–Kier alpha value is -1.97. The number of esters is 1. The van der Waals surface area contributed by atoms with Crippen molar-refractivity contribution in [3.05, 3.63) is 35.4 Å². The highest BCUT2D eigenvalue weighted by Crippen LogP contribution is 2.26. The van der Waals surface area contributed by atoms with Crippen LogP contribution in [-0.2, 0) is 16.0 Å². The highest BCUT2D eigenvalue weighted by atomic mass is 16.5. The number of ether oxygens (including phenoxy) is 2. The highest BCUT2D eigenvalue weighted by Gasteiger charge is 2.15. The first-order chi connectivity index (χ1) is 8.74. The predicted octanol–water partition coefficient (Wildman–Crippen LogP) is 1.74. The lowest BCUT2D eigenvalue weighted by atomic mass is 9.97. The van der Waals surface area contributed by atoms with Crippen LogP contribution in [-0.4, -0.2) is 26.2 Å². The van der Waals surface area contributed by atoms with Gasteiger partial charge in [-0.15, -0.1) is 0 Å². The zero-order chi connectivity index (χ0) is 13.0. The van der Waals surface area contributed by atoms with Gasteiger partial charge in [-0.3, -0.25) is 0 Å². The molecule has 4 heteroatoms. The average Bonchev–Trinajstić information content (AvgIpc) is 2.39. The number of hydrogen-bond acceptors (Lipinski definition) is 4. The molecule has 0 radical (unpaired) electrons. The Bertz CT molecular complexity index is 480. The van der Waals surface area contributed by atoms with Crippen LogP contribution in [0.25, 0.3) is 5.70 Å². The summed E-state index contributed by atoms with van der Waals surface area (Å²) in [6.45, 7) is 3.00. The molecule has 1 aliphatic rings. The summed E-state index contributed by atoms with van der Waals surface area (Å²) in [6.07, 6.45) is 2.44. The summed E-state index contributed by atoms with van der Waals surface area (Å²) in [5.74, 6) is 0.461. The van der Waals surface area contributed by atoms with Gasteiger partial charge in [-0.05, 0) is 31.0 Å². The Morgan fingerprint density at radius 2 is 2.33 bits per heavy atom. The summed E-state index contributed by atoms with van der Waals surface area (Å²) >= 11 is 0. The van der Waals surface area contributed by atoms with Gasteiger partial charge in [0.1, 0.15) is 5.75 Å². The average molecular weight is 247 g/mol. The molecular weight excluding hydrogens is 230 g/mol. The molecule has 0 aromatic heterocycles. The second-order valence-electron chi connectivity index (χ2n) is 4.01. The molecule has 96 valence electrons. The van der Waals surface area contributed by atoms with Gasteiger partial charge in [0.2, 0.25) is 0 Å². The van der Waals surface area contributed by atoms with E-state index in [-0.39, 0.29) is 5.97 Å². The van der Waals surface area contributed by atoms with E-state index in [4.69, 9.17) is 9.47 Å². The first kappa shape index (κ1) is 12.5. The minimum absolute atomic E-state index is 0.323. The highest BCUT2D eigenvalue weighted by molar-refractivity contribution is 5.91. The largest absolute Gasteiger partial charge is 0.497 e. The van der Waals surface area contributed by atoms with Crippen LogP contribution in [0.5, 0.6) is 5.75 Å². The summed E-state index contributed by atoms with van der Waals surface area (Å²) in [6, 6.07) is 5.91. The summed E-state index contributed by atoms with van der Waals surface area (Å²) < 4.78 is 10.1. The molecule has 0 saturated heterocycles. The van der Waals surface area contributed by atoms with E-state index >= 15 is 0 Å². The summed E-state index contributed by atoms with van der Waals surface area (Å²) in [4.78, 5) is 11.5. The van der Waals surface area contributed by atoms with Crippen LogP contribution < -0.4 is 10.1 Å². The van der Waals surface area contributed by atoms with Crippen molar-refractivity contribution in [3.8, 4) is 5.75 Å². The molecule has 0 unspecified atom stereocenters.